The Kier molecular flexibility index (Phi) is 15.2. The molecule has 0 atom stereocenters. The monoisotopic (exact) mass is 284 g/mol. The first-order valence-electron chi connectivity index (χ1n) is 5.66. The minimum Gasteiger partial charge on any atom is -0.386 e. The van der Waals surface area contributed by atoms with Gasteiger partial charge in [0, 0.05) is 23.8 Å². The van der Waals surface area contributed by atoms with Gasteiger partial charge < -0.3 is 15.8 Å². The molecule has 0 aromatic carbocycles. The van der Waals surface area contributed by atoms with E-state index in [0.29, 0.717) is 5.57 Å². The van der Waals surface area contributed by atoms with Gasteiger partial charge in [-0.3, -0.25) is 4.79 Å². The van der Waals surface area contributed by atoms with Gasteiger partial charge in [0.2, 0.25) is 5.91 Å². The number of nitrogens with one attached hydrogen (secondary N) is 1. The van der Waals surface area contributed by atoms with Crippen LogP contribution >= 0.6 is 0 Å². The first-order chi connectivity index (χ1) is 9.13. The number of likely N-dealkylation sites (N-methyl/N-ethyl adjacent to an activating group) is 1. The number of ether oxygens (including phenoxy) is 1. The van der Waals surface area contributed by atoms with Gasteiger partial charge in [-0.05, 0) is 27.8 Å². The van der Waals surface area contributed by atoms with E-state index in [-0.39, 0.29) is 17.1 Å². The second-order valence-electron chi connectivity index (χ2n) is 3.60. The Balaban J connectivity index is -0.000000277. The van der Waals surface area contributed by atoms with Crippen LogP contribution in [-0.4, -0.2) is 31.9 Å². The predicted molar refractivity (Wildman–Crippen MR) is 79.7 cm³/mol. The first kappa shape index (κ1) is 22.9. The summed E-state index contributed by atoms with van der Waals surface area (Å²) in [6, 6.07) is 0. The first-order valence-corrected chi connectivity index (χ1v) is 5.66. The van der Waals surface area contributed by atoms with Crippen molar-refractivity contribution in [2.75, 3.05) is 14.1 Å². The Labute approximate surface area is 120 Å². The van der Waals surface area contributed by atoms with Crippen LogP contribution < -0.4 is 11.1 Å². The third-order valence-corrected chi connectivity index (χ3v) is 1.50. The maximum absolute atomic E-state index is 10.7. The highest BCUT2D eigenvalue weighted by Gasteiger charge is 2.10. The zero-order valence-electron chi connectivity index (χ0n) is 12.8. The summed E-state index contributed by atoms with van der Waals surface area (Å²) < 4.78 is 4.30. The lowest BCUT2D eigenvalue weighted by atomic mass is 10.3. The lowest BCUT2D eigenvalue weighted by Gasteiger charge is -1.99. The topological polar surface area (TPSA) is 98.5 Å². The predicted octanol–water partition coefficient (Wildman–Crippen LogP) is 1.09. The van der Waals surface area contributed by atoms with E-state index in [0.717, 1.165) is 0 Å². The second-order valence-corrected chi connectivity index (χ2v) is 3.60. The lowest BCUT2D eigenvalue weighted by molar-refractivity contribution is -0.153. The number of esters is 2. The Morgan fingerprint density at radius 1 is 0.850 bits per heavy atom. The van der Waals surface area contributed by atoms with Crippen LogP contribution in [0.4, 0.5) is 0 Å². The zero-order chi connectivity index (χ0) is 16.9. The average Bonchev–Trinajstić information content (AvgIpc) is 2.40. The van der Waals surface area contributed by atoms with Crippen molar-refractivity contribution >= 4 is 17.8 Å². The molecule has 0 saturated heterocycles. The van der Waals surface area contributed by atoms with Gasteiger partial charge in [-0.1, -0.05) is 19.7 Å². The maximum Gasteiger partial charge on any atom is 0.340 e. The molecule has 0 heterocycles. The Bertz CT molecular complexity index is 374. The van der Waals surface area contributed by atoms with E-state index in [2.05, 4.69) is 35.5 Å². The van der Waals surface area contributed by atoms with Crippen molar-refractivity contribution in [1.82, 2.24) is 5.32 Å². The number of hydrogen-bond acceptors (Lipinski definition) is 5. The molecular weight excluding hydrogens is 260 g/mol. The van der Waals surface area contributed by atoms with Gasteiger partial charge in [-0.15, -0.1) is 0 Å². The van der Waals surface area contributed by atoms with Crippen LogP contribution in [0.1, 0.15) is 20.8 Å². The molecule has 0 aromatic rings. The van der Waals surface area contributed by atoms with Crippen LogP contribution in [-0.2, 0) is 19.1 Å². The van der Waals surface area contributed by atoms with Crippen LogP contribution in [0.3, 0.4) is 0 Å². The molecule has 0 saturated carbocycles. The molecule has 1 amide bonds. The van der Waals surface area contributed by atoms with Crippen LogP contribution in [0.2, 0.25) is 0 Å². The molecular formula is C14H24N2O4. The molecule has 6 heteroatoms. The molecule has 0 spiro atoms. The standard InChI is InChI=1S/C8H10O3.C5H9NO.CH5N/c1-5(2)7(9)11-8(10)6(3)4;1-4(2)5(7)6-3;1-2/h1,3H2,2,4H3;1H2,2-3H3,(H,6,7);2H2,1H3. The summed E-state index contributed by atoms with van der Waals surface area (Å²) in [5.41, 5.74) is 5.43. The third kappa shape index (κ3) is 13.9. The minimum atomic E-state index is -0.710. The fraction of sp³-hybridized carbons (Fsp3) is 0.357. The summed E-state index contributed by atoms with van der Waals surface area (Å²) in [7, 11) is 3.08. The number of amides is 1. The van der Waals surface area contributed by atoms with E-state index in [4.69, 9.17) is 0 Å². The van der Waals surface area contributed by atoms with Crippen molar-refractivity contribution in [3.63, 3.8) is 0 Å². The molecule has 0 unspecified atom stereocenters. The highest BCUT2D eigenvalue weighted by Crippen LogP contribution is 1.97. The number of carbonyl (C=O) groups is 3. The van der Waals surface area contributed by atoms with Crippen molar-refractivity contribution in [2.45, 2.75) is 20.8 Å². The number of hydrogen-bond donors (Lipinski definition) is 2. The second kappa shape index (κ2) is 13.2. The largest absolute Gasteiger partial charge is 0.386 e. The summed E-state index contributed by atoms with van der Waals surface area (Å²) in [6.45, 7) is 14.6. The number of rotatable bonds is 3. The molecule has 0 aliphatic heterocycles. The molecule has 20 heavy (non-hydrogen) atoms. The van der Waals surface area contributed by atoms with E-state index in [1.165, 1.54) is 20.9 Å². The van der Waals surface area contributed by atoms with Crippen molar-refractivity contribution < 1.29 is 19.1 Å². The quantitative estimate of drug-likeness (QED) is 0.459. The molecule has 6 nitrogen and oxygen atoms in total. The van der Waals surface area contributed by atoms with Gasteiger partial charge >= 0.3 is 11.9 Å². The van der Waals surface area contributed by atoms with E-state index in [1.54, 1.807) is 14.0 Å². The third-order valence-electron chi connectivity index (χ3n) is 1.50. The van der Waals surface area contributed by atoms with Gasteiger partial charge in [0.1, 0.15) is 0 Å². The fourth-order valence-corrected chi connectivity index (χ4v) is 0.472. The minimum absolute atomic E-state index is 0.0972. The lowest BCUT2D eigenvalue weighted by Crippen LogP contribution is -2.17. The Morgan fingerprint density at radius 3 is 1.25 bits per heavy atom. The molecule has 0 radical (unpaired) electrons. The maximum atomic E-state index is 10.7. The van der Waals surface area contributed by atoms with Crippen LogP contribution in [0.5, 0.6) is 0 Å². The normalized spacial score (nSPS) is 7.70. The summed E-state index contributed by atoms with van der Waals surface area (Å²) in [5.74, 6) is -1.52. The van der Waals surface area contributed by atoms with Crippen molar-refractivity contribution in [1.29, 1.82) is 0 Å². The van der Waals surface area contributed by atoms with E-state index < -0.39 is 11.9 Å². The van der Waals surface area contributed by atoms with Gasteiger partial charge in [0.05, 0.1) is 0 Å². The Hall–Kier alpha value is -2.21. The molecule has 3 N–H and O–H groups in total. The van der Waals surface area contributed by atoms with E-state index >= 15 is 0 Å². The molecule has 0 bridgehead atoms. The van der Waals surface area contributed by atoms with E-state index in [1.807, 2.05) is 0 Å². The SMILES string of the molecule is C=C(C)C(=O)NC.C=C(C)C(=O)OC(=O)C(=C)C.CN. The molecule has 0 aliphatic rings. The molecule has 114 valence electrons. The summed E-state index contributed by atoms with van der Waals surface area (Å²) in [6.07, 6.45) is 0. The van der Waals surface area contributed by atoms with Crippen LogP contribution in [0.25, 0.3) is 0 Å². The fourth-order valence-electron chi connectivity index (χ4n) is 0.472. The number of nitrogens with two attached hydrogens (primary N) is 1. The molecule has 0 rings (SSSR count). The Morgan fingerprint density at radius 2 is 1.15 bits per heavy atom. The van der Waals surface area contributed by atoms with Crippen molar-refractivity contribution in [2.24, 2.45) is 5.73 Å². The molecule has 0 aromatic heterocycles. The molecule has 0 aliphatic carbocycles. The van der Waals surface area contributed by atoms with Gasteiger partial charge in [-0.25, -0.2) is 9.59 Å². The van der Waals surface area contributed by atoms with Crippen LogP contribution in [0, 0.1) is 0 Å². The van der Waals surface area contributed by atoms with E-state index in [9.17, 15) is 14.4 Å². The molecule has 0 fully saturated rings. The number of carbonyl (C=O) groups excluding carboxylic acids is 3. The summed E-state index contributed by atoms with van der Waals surface area (Å²) in [4.78, 5) is 31.6. The highest BCUT2D eigenvalue weighted by molar-refractivity contribution is 6.00. The summed E-state index contributed by atoms with van der Waals surface area (Å²) >= 11 is 0. The van der Waals surface area contributed by atoms with Crippen LogP contribution in [0.15, 0.2) is 36.5 Å². The van der Waals surface area contributed by atoms with Crippen molar-refractivity contribution in [3.8, 4) is 0 Å². The highest BCUT2D eigenvalue weighted by atomic mass is 16.6. The van der Waals surface area contributed by atoms with Crippen molar-refractivity contribution in [3.05, 3.63) is 36.5 Å². The van der Waals surface area contributed by atoms with Gasteiger partial charge in [0.15, 0.2) is 0 Å². The average molecular weight is 284 g/mol. The van der Waals surface area contributed by atoms with Gasteiger partial charge in [-0.2, -0.15) is 0 Å². The van der Waals surface area contributed by atoms with Gasteiger partial charge in [0.25, 0.3) is 0 Å². The smallest absolute Gasteiger partial charge is 0.340 e. The summed E-state index contributed by atoms with van der Waals surface area (Å²) in [5, 5.41) is 2.43. The zero-order valence-corrected chi connectivity index (χ0v) is 12.8.